The summed E-state index contributed by atoms with van der Waals surface area (Å²) in [6.07, 6.45) is 3.62. The Bertz CT molecular complexity index is 718. The van der Waals surface area contributed by atoms with Crippen molar-refractivity contribution in [3.63, 3.8) is 0 Å². The van der Waals surface area contributed by atoms with Crippen molar-refractivity contribution in [3.8, 4) is 0 Å². The summed E-state index contributed by atoms with van der Waals surface area (Å²) in [6.45, 7) is 6.09. The number of ether oxygens (including phenoxy) is 1. The maximum Gasteiger partial charge on any atom is 0.0837 e. The second-order valence-corrected chi connectivity index (χ2v) is 8.82. The molecule has 1 aromatic carbocycles. The lowest BCUT2D eigenvalue weighted by molar-refractivity contribution is 0.0128. The fraction of sp³-hybridized carbons (Fsp3) is 0.524. The molecule has 4 heteroatoms. The van der Waals surface area contributed by atoms with Gasteiger partial charge in [-0.05, 0) is 62.5 Å². The molecule has 1 spiro atoms. The van der Waals surface area contributed by atoms with Crippen LogP contribution in [0.5, 0.6) is 0 Å². The smallest absolute Gasteiger partial charge is 0.0837 e. The van der Waals surface area contributed by atoms with Crippen LogP contribution in [0.3, 0.4) is 0 Å². The van der Waals surface area contributed by atoms with Gasteiger partial charge in [0, 0.05) is 21.7 Å². The summed E-state index contributed by atoms with van der Waals surface area (Å²) in [4.78, 5) is 5.47. The van der Waals surface area contributed by atoms with Crippen molar-refractivity contribution in [3.05, 3.63) is 57.3 Å². The van der Waals surface area contributed by atoms with Gasteiger partial charge >= 0.3 is 0 Å². The molecule has 1 atom stereocenters. The Hall–Kier alpha value is -1.20. The van der Waals surface area contributed by atoms with Crippen LogP contribution in [0.15, 0.2) is 36.4 Å². The number of aryl methyl sites for hydroxylation is 1. The lowest BCUT2D eigenvalue weighted by Gasteiger charge is -2.40. The first-order valence-electron chi connectivity index (χ1n) is 9.30. The highest BCUT2D eigenvalue weighted by atomic mass is 32.1. The van der Waals surface area contributed by atoms with Gasteiger partial charge in [-0.1, -0.05) is 24.3 Å². The minimum atomic E-state index is 0.0969. The number of aliphatic hydroxyl groups is 1. The molecule has 1 saturated heterocycles. The van der Waals surface area contributed by atoms with Crippen LogP contribution in [0.4, 0.5) is 0 Å². The first-order valence-corrected chi connectivity index (χ1v) is 10.1. The molecule has 25 heavy (non-hydrogen) atoms. The van der Waals surface area contributed by atoms with E-state index in [1.807, 2.05) is 11.3 Å². The molecule has 0 radical (unpaired) electrons. The zero-order valence-corrected chi connectivity index (χ0v) is 15.7. The van der Waals surface area contributed by atoms with Gasteiger partial charge in [0.15, 0.2) is 0 Å². The highest BCUT2D eigenvalue weighted by Gasteiger charge is 2.45. The molecule has 0 amide bonds. The van der Waals surface area contributed by atoms with Gasteiger partial charge in [0.25, 0.3) is 0 Å². The number of hydrogen-bond acceptors (Lipinski definition) is 4. The van der Waals surface area contributed by atoms with Crippen LogP contribution in [0.1, 0.15) is 46.2 Å². The summed E-state index contributed by atoms with van der Waals surface area (Å²) in [5.41, 5.74) is 3.10. The molecule has 1 N–H and O–H groups in total. The molecule has 4 rings (SSSR count). The van der Waals surface area contributed by atoms with Crippen molar-refractivity contribution in [1.29, 1.82) is 0 Å². The number of nitrogens with zero attached hydrogens (tertiary/aromatic N) is 1. The van der Waals surface area contributed by atoms with Gasteiger partial charge in [0.2, 0.25) is 0 Å². The summed E-state index contributed by atoms with van der Waals surface area (Å²) < 4.78 is 5.97. The number of thiophene rings is 1. The average Bonchev–Trinajstić information content (AvgIpc) is 3.17. The molecule has 1 unspecified atom stereocenters. The molecule has 2 aromatic rings. The quantitative estimate of drug-likeness (QED) is 0.876. The molecular formula is C21H27NO2S. The van der Waals surface area contributed by atoms with E-state index in [1.165, 1.54) is 33.7 Å². The third-order valence-corrected chi connectivity index (χ3v) is 6.84. The van der Waals surface area contributed by atoms with Crippen LogP contribution in [-0.2, 0) is 16.7 Å². The fourth-order valence-electron chi connectivity index (χ4n) is 4.58. The van der Waals surface area contributed by atoms with Gasteiger partial charge in [0.05, 0.1) is 19.3 Å². The Morgan fingerprint density at radius 2 is 2.00 bits per heavy atom. The molecule has 2 aliphatic rings. The maximum atomic E-state index is 9.12. The molecule has 134 valence electrons. The zero-order chi connectivity index (χ0) is 17.3. The summed E-state index contributed by atoms with van der Waals surface area (Å²) in [6, 6.07) is 13.3. The third kappa shape index (κ3) is 3.41. The standard InChI is InChI=1S/C21H27NO2S/c1-16-6-7-17(25-16)15-22-10-8-21(9-11-22)14-20(24-13-12-23)18-4-2-3-5-19(18)21/h2-7,20,23H,8-15H2,1H3. The van der Waals surface area contributed by atoms with Crippen LogP contribution in [-0.4, -0.2) is 36.3 Å². The number of piperidine rings is 1. The lowest BCUT2D eigenvalue weighted by Crippen LogP contribution is -2.41. The van der Waals surface area contributed by atoms with Crippen molar-refractivity contribution in [2.45, 2.75) is 44.2 Å². The SMILES string of the molecule is Cc1ccc(CN2CCC3(CC2)CC(OCCO)c2ccccc23)s1. The highest BCUT2D eigenvalue weighted by molar-refractivity contribution is 7.11. The highest BCUT2D eigenvalue weighted by Crippen LogP contribution is 2.52. The Balaban J connectivity index is 1.46. The number of fused-ring (bicyclic) bond motifs is 2. The Morgan fingerprint density at radius 1 is 1.20 bits per heavy atom. The monoisotopic (exact) mass is 357 g/mol. The number of aliphatic hydroxyl groups excluding tert-OH is 1. The summed E-state index contributed by atoms with van der Waals surface area (Å²) in [5.74, 6) is 0. The summed E-state index contributed by atoms with van der Waals surface area (Å²) in [7, 11) is 0. The van der Waals surface area contributed by atoms with Crippen molar-refractivity contribution >= 4 is 11.3 Å². The topological polar surface area (TPSA) is 32.7 Å². The first-order chi connectivity index (χ1) is 12.2. The van der Waals surface area contributed by atoms with Crippen molar-refractivity contribution < 1.29 is 9.84 Å². The van der Waals surface area contributed by atoms with E-state index in [4.69, 9.17) is 9.84 Å². The molecule has 0 saturated carbocycles. The predicted molar refractivity (Wildman–Crippen MR) is 102 cm³/mol. The van der Waals surface area contributed by atoms with E-state index in [-0.39, 0.29) is 18.1 Å². The molecule has 3 nitrogen and oxygen atoms in total. The van der Waals surface area contributed by atoms with Crippen LogP contribution < -0.4 is 0 Å². The Labute approximate surface area is 154 Å². The second-order valence-electron chi connectivity index (χ2n) is 7.44. The molecule has 2 heterocycles. The fourth-order valence-corrected chi connectivity index (χ4v) is 5.52. The van der Waals surface area contributed by atoms with E-state index < -0.39 is 0 Å². The van der Waals surface area contributed by atoms with E-state index in [9.17, 15) is 0 Å². The zero-order valence-electron chi connectivity index (χ0n) is 14.9. The van der Waals surface area contributed by atoms with Crippen LogP contribution in [0.25, 0.3) is 0 Å². The molecule has 1 aromatic heterocycles. The van der Waals surface area contributed by atoms with Crippen LogP contribution >= 0.6 is 11.3 Å². The average molecular weight is 358 g/mol. The minimum absolute atomic E-state index is 0.0969. The van der Waals surface area contributed by atoms with Crippen LogP contribution in [0.2, 0.25) is 0 Å². The van der Waals surface area contributed by atoms with E-state index in [0.29, 0.717) is 6.61 Å². The van der Waals surface area contributed by atoms with Gasteiger partial charge in [-0.3, -0.25) is 4.90 Å². The molecule has 1 aliphatic heterocycles. The summed E-state index contributed by atoms with van der Waals surface area (Å²) in [5, 5.41) is 9.12. The Morgan fingerprint density at radius 3 is 2.72 bits per heavy atom. The lowest BCUT2D eigenvalue weighted by atomic mass is 9.73. The van der Waals surface area contributed by atoms with E-state index >= 15 is 0 Å². The predicted octanol–water partition coefficient (Wildman–Crippen LogP) is 4.04. The van der Waals surface area contributed by atoms with Gasteiger partial charge in [-0.2, -0.15) is 0 Å². The van der Waals surface area contributed by atoms with Gasteiger partial charge in [-0.25, -0.2) is 0 Å². The number of hydrogen-bond donors (Lipinski definition) is 1. The van der Waals surface area contributed by atoms with Crippen molar-refractivity contribution in [2.75, 3.05) is 26.3 Å². The maximum absolute atomic E-state index is 9.12. The molecule has 1 aliphatic carbocycles. The molecule has 1 fully saturated rings. The van der Waals surface area contributed by atoms with E-state index in [1.54, 1.807) is 0 Å². The van der Waals surface area contributed by atoms with E-state index in [2.05, 4.69) is 48.2 Å². The second kappa shape index (κ2) is 7.20. The molecular weight excluding hydrogens is 330 g/mol. The van der Waals surface area contributed by atoms with E-state index in [0.717, 1.165) is 26.1 Å². The number of rotatable bonds is 5. The largest absolute Gasteiger partial charge is 0.394 e. The van der Waals surface area contributed by atoms with Gasteiger partial charge < -0.3 is 9.84 Å². The van der Waals surface area contributed by atoms with Crippen LogP contribution in [0, 0.1) is 6.92 Å². The van der Waals surface area contributed by atoms with Crippen molar-refractivity contribution in [2.24, 2.45) is 0 Å². The van der Waals surface area contributed by atoms with Gasteiger partial charge in [-0.15, -0.1) is 11.3 Å². The first kappa shape index (κ1) is 17.2. The summed E-state index contributed by atoms with van der Waals surface area (Å²) >= 11 is 1.92. The normalized spacial score (nSPS) is 22.4. The minimum Gasteiger partial charge on any atom is -0.394 e. The number of likely N-dealkylation sites (tertiary alicyclic amines) is 1. The Kier molecular flexibility index (Phi) is 4.96. The molecule has 0 bridgehead atoms. The third-order valence-electron chi connectivity index (χ3n) is 5.85. The van der Waals surface area contributed by atoms with Gasteiger partial charge in [0.1, 0.15) is 0 Å². The van der Waals surface area contributed by atoms with Crippen molar-refractivity contribution in [1.82, 2.24) is 4.90 Å². The number of benzene rings is 1.